The minimum atomic E-state index is -0.398. The first-order valence-corrected chi connectivity index (χ1v) is 8.98. The van der Waals surface area contributed by atoms with Crippen molar-refractivity contribution in [2.24, 2.45) is 0 Å². The Morgan fingerprint density at radius 3 is 2.37 bits per heavy atom. The fraction of sp³-hybridized carbons (Fsp3) is 0.444. The Hall–Kier alpha value is -2.94. The molecule has 2 N–H and O–H groups in total. The number of nitrogens with one attached hydrogen (secondary N) is 2. The van der Waals surface area contributed by atoms with Crippen LogP contribution in [0.25, 0.3) is 10.8 Å². The molecule has 1 aliphatic heterocycles. The van der Waals surface area contributed by atoms with Gasteiger partial charge in [0, 0.05) is 32.7 Å². The van der Waals surface area contributed by atoms with E-state index < -0.39 is 11.1 Å². The number of carbonyl (C=O) groups is 2. The summed E-state index contributed by atoms with van der Waals surface area (Å²) in [6.45, 7) is 4.69. The standard InChI is InChI=1S/C18H23N5O4/c1-2-19-15(24)11-21-7-9-22(10-8-21)16(25)12-23-18(27)14-6-4-3-5-13(14)17(26)20-23/h3-6H,2,7-12H2,1H3,(H,19,24)(H,20,26). The van der Waals surface area contributed by atoms with Gasteiger partial charge < -0.3 is 10.2 Å². The molecule has 0 saturated carbocycles. The number of carbonyl (C=O) groups excluding carboxylic acids is 2. The summed E-state index contributed by atoms with van der Waals surface area (Å²) >= 11 is 0. The number of fused-ring (bicyclic) bond motifs is 1. The number of amides is 2. The van der Waals surface area contributed by atoms with Gasteiger partial charge in [0.25, 0.3) is 11.1 Å². The molecule has 1 fully saturated rings. The zero-order valence-corrected chi connectivity index (χ0v) is 15.2. The van der Waals surface area contributed by atoms with E-state index in [9.17, 15) is 19.2 Å². The average molecular weight is 373 g/mol. The fourth-order valence-electron chi connectivity index (χ4n) is 3.20. The van der Waals surface area contributed by atoms with Gasteiger partial charge in [0.15, 0.2) is 0 Å². The molecule has 0 spiro atoms. The van der Waals surface area contributed by atoms with Crippen molar-refractivity contribution in [3.63, 3.8) is 0 Å². The molecule has 9 heteroatoms. The van der Waals surface area contributed by atoms with Crippen LogP contribution in [0.2, 0.25) is 0 Å². The minimum absolute atomic E-state index is 0.0300. The van der Waals surface area contributed by atoms with Crippen LogP contribution in [-0.2, 0) is 16.1 Å². The number of aromatic amines is 1. The molecule has 2 amide bonds. The highest BCUT2D eigenvalue weighted by Gasteiger charge is 2.23. The highest BCUT2D eigenvalue weighted by Crippen LogP contribution is 2.05. The number of aromatic nitrogens is 2. The second kappa shape index (κ2) is 8.17. The summed E-state index contributed by atoms with van der Waals surface area (Å²) in [4.78, 5) is 52.4. The first kappa shape index (κ1) is 18.8. The maximum atomic E-state index is 12.5. The maximum absolute atomic E-state index is 12.5. The van der Waals surface area contributed by atoms with Crippen LogP contribution < -0.4 is 16.4 Å². The predicted octanol–water partition coefficient (Wildman–Crippen LogP) is -1.03. The Morgan fingerprint density at radius 2 is 1.70 bits per heavy atom. The molecule has 2 heterocycles. The smallest absolute Gasteiger partial charge is 0.273 e. The Morgan fingerprint density at radius 1 is 1.04 bits per heavy atom. The number of likely N-dealkylation sites (N-methyl/N-ethyl adjacent to an activating group) is 1. The van der Waals surface area contributed by atoms with Crippen LogP contribution in [0.15, 0.2) is 33.9 Å². The van der Waals surface area contributed by atoms with E-state index in [1.54, 1.807) is 29.2 Å². The van der Waals surface area contributed by atoms with Crippen LogP contribution in [0.3, 0.4) is 0 Å². The molecule has 1 aromatic carbocycles. The number of H-pyrrole nitrogens is 1. The van der Waals surface area contributed by atoms with Crippen LogP contribution in [0.4, 0.5) is 0 Å². The molecule has 9 nitrogen and oxygen atoms in total. The minimum Gasteiger partial charge on any atom is -0.355 e. The molecular formula is C18H23N5O4. The summed E-state index contributed by atoms with van der Waals surface area (Å²) in [5.41, 5.74) is -0.793. The van der Waals surface area contributed by atoms with E-state index in [1.165, 1.54) is 0 Å². The molecule has 1 aromatic heterocycles. The molecule has 27 heavy (non-hydrogen) atoms. The van der Waals surface area contributed by atoms with E-state index in [2.05, 4.69) is 10.4 Å². The summed E-state index contributed by atoms with van der Waals surface area (Å²) < 4.78 is 1.06. The van der Waals surface area contributed by atoms with Crippen molar-refractivity contribution in [2.75, 3.05) is 39.3 Å². The summed E-state index contributed by atoms with van der Waals surface area (Å²) in [5, 5.41) is 5.83. The lowest BCUT2D eigenvalue weighted by atomic mass is 10.2. The Balaban J connectivity index is 1.64. The second-order valence-corrected chi connectivity index (χ2v) is 6.49. The largest absolute Gasteiger partial charge is 0.355 e. The number of rotatable bonds is 5. The molecule has 2 aromatic rings. The highest BCUT2D eigenvalue weighted by molar-refractivity contribution is 5.81. The van der Waals surface area contributed by atoms with Gasteiger partial charge in [-0.15, -0.1) is 0 Å². The van der Waals surface area contributed by atoms with Crippen LogP contribution in [0.5, 0.6) is 0 Å². The van der Waals surface area contributed by atoms with Crippen molar-refractivity contribution in [1.29, 1.82) is 0 Å². The Bertz CT molecular complexity index is 956. The van der Waals surface area contributed by atoms with Gasteiger partial charge in [-0.1, -0.05) is 12.1 Å². The van der Waals surface area contributed by atoms with Gasteiger partial charge >= 0.3 is 0 Å². The predicted molar refractivity (Wildman–Crippen MR) is 101 cm³/mol. The molecule has 1 aliphatic rings. The van der Waals surface area contributed by atoms with Crippen LogP contribution in [0.1, 0.15) is 6.92 Å². The third-order valence-electron chi connectivity index (χ3n) is 4.64. The van der Waals surface area contributed by atoms with E-state index in [1.807, 2.05) is 11.8 Å². The van der Waals surface area contributed by atoms with Gasteiger partial charge in [-0.3, -0.25) is 29.2 Å². The van der Waals surface area contributed by atoms with Gasteiger partial charge in [-0.25, -0.2) is 4.68 Å². The third-order valence-corrected chi connectivity index (χ3v) is 4.64. The molecule has 144 valence electrons. The normalized spacial score (nSPS) is 15.1. The van der Waals surface area contributed by atoms with Crippen molar-refractivity contribution in [3.8, 4) is 0 Å². The summed E-state index contributed by atoms with van der Waals surface area (Å²) in [6, 6.07) is 6.53. The van der Waals surface area contributed by atoms with Crippen molar-refractivity contribution in [1.82, 2.24) is 24.9 Å². The van der Waals surface area contributed by atoms with Crippen molar-refractivity contribution in [3.05, 3.63) is 45.0 Å². The monoisotopic (exact) mass is 373 g/mol. The van der Waals surface area contributed by atoms with E-state index >= 15 is 0 Å². The summed E-state index contributed by atoms with van der Waals surface area (Å²) in [5.74, 6) is -0.266. The molecule has 0 radical (unpaired) electrons. The van der Waals surface area contributed by atoms with E-state index in [0.29, 0.717) is 50.0 Å². The highest BCUT2D eigenvalue weighted by atomic mass is 16.2. The second-order valence-electron chi connectivity index (χ2n) is 6.49. The van der Waals surface area contributed by atoms with Gasteiger partial charge in [0.05, 0.1) is 17.3 Å². The van der Waals surface area contributed by atoms with Crippen LogP contribution >= 0.6 is 0 Å². The van der Waals surface area contributed by atoms with E-state index in [-0.39, 0.29) is 18.4 Å². The zero-order valence-electron chi connectivity index (χ0n) is 15.2. The topological polar surface area (TPSA) is 108 Å². The molecule has 0 bridgehead atoms. The summed E-state index contributed by atoms with van der Waals surface area (Å²) in [6.07, 6.45) is 0. The van der Waals surface area contributed by atoms with Crippen molar-refractivity contribution >= 4 is 22.6 Å². The lowest BCUT2D eigenvalue weighted by Crippen LogP contribution is -2.52. The zero-order chi connectivity index (χ0) is 19.4. The quantitative estimate of drug-likeness (QED) is 0.697. The number of piperazine rings is 1. The first-order chi connectivity index (χ1) is 13.0. The molecule has 0 aliphatic carbocycles. The van der Waals surface area contributed by atoms with E-state index in [4.69, 9.17) is 0 Å². The Labute approximate surface area is 155 Å². The summed E-state index contributed by atoms with van der Waals surface area (Å²) in [7, 11) is 0. The molecule has 0 atom stereocenters. The first-order valence-electron chi connectivity index (χ1n) is 8.98. The van der Waals surface area contributed by atoms with Crippen LogP contribution in [-0.4, -0.2) is 70.7 Å². The van der Waals surface area contributed by atoms with Crippen molar-refractivity contribution < 1.29 is 9.59 Å². The van der Waals surface area contributed by atoms with Crippen molar-refractivity contribution in [2.45, 2.75) is 13.5 Å². The third kappa shape index (κ3) is 4.25. The van der Waals surface area contributed by atoms with Gasteiger partial charge in [0.1, 0.15) is 6.54 Å². The number of hydrogen-bond donors (Lipinski definition) is 2. The fourth-order valence-corrected chi connectivity index (χ4v) is 3.20. The number of hydrogen-bond acceptors (Lipinski definition) is 5. The maximum Gasteiger partial charge on any atom is 0.273 e. The number of benzene rings is 1. The lowest BCUT2D eigenvalue weighted by molar-refractivity contribution is -0.134. The average Bonchev–Trinajstić information content (AvgIpc) is 2.66. The number of nitrogens with zero attached hydrogens (tertiary/aromatic N) is 3. The lowest BCUT2D eigenvalue weighted by Gasteiger charge is -2.34. The van der Waals surface area contributed by atoms with Gasteiger partial charge in [0.2, 0.25) is 11.8 Å². The van der Waals surface area contributed by atoms with E-state index in [0.717, 1.165) is 4.68 Å². The van der Waals surface area contributed by atoms with Gasteiger partial charge in [-0.05, 0) is 19.1 Å². The van der Waals surface area contributed by atoms with Crippen LogP contribution in [0, 0.1) is 0 Å². The molecular weight excluding hydrogens is 350 g/mol. The molecule has 0 unspecified atom stereocenters. The molecule has 3 rings (SSSR count). The molecule has 1 saturated heterocycles. The SMILES string of the molecule is CCNC(=O)CN1CCN(C(=O)Cn2[nH]c(=O)c3ccccc3c2=O)CC1. The van der Waals surface area contributed by atoms with Gasteiger partial charge in [-0.2, -0.15) is 0 Å². The Kier molecular flexibility index (Phi) is 5.70.